The number of aromatic hydroxyl groups is 1. The van der Waals surface area contributed by atoms with Crippen LogP contribution >= 0.6 is 0 Å². The number of nitro groups is 1. The molecule has 0 radical (unpaired) electrons. The van der Waals surface area contributed by atoms with Crippen molar-refractivity contribution in [2.75, 3.05) is 0 Å². The lowest BCUT2D eigenvalue weighted by Gasteiger charge is -2.17. The number of benzene rings is 1. The van der Waals surface area contributed by atoms with Crippen molar-refractivity contribution in [3.8, 4) is 17.2 Å². The number of aliphatic hydroxyl groups excluding tert-OH is 1. The van der Waals surface area contributed by atoms with Gasteiger partial charge in [0.2, 0.25) is 11.5 Å². The van der Waals surface area contributed by atoms with E-state index in [1.165, 1.54) is 0 Å². The average molecular weight is 227 g/mol. The van der Waals surface area contributed by atoms with Crippen LogP contribution in [0.15, 0.2) is 6.07 Å². The van der Waals surface area contributed by atoms with Gasteiger partial charge in [0.25, 0.3) is 0 Å². The third kappa shape index (κ3) is 1.32. The Kier molecular flexibility index (Phi) is 2.13. The Morgan fingerprint density at radius 1 is 1.44 bits per heavy atom. The maximum absolute atomic E-state index is 10.9. The van der Waals surface area contributed by atoms with Crippen LogP contribution in [0.2, 0.25) is 0 Å². The molecule has 0 atom stereocenters. The van der Waals surface area contributed by atoms with Gasteiger partial charge in [-0.25, -0.2) is 4.79 Å². The highest BCUT2D eigenvalue weighted by atomic mass is 16.7. The molecule has 0 aliphatic carbocycles. The molecule has 8 heteroatoms. The van der Waals surface area contributed by atoms with E-state index in [0.717, 1.165) is 6.07 Å². The molecule has 1 heterocycles. The zero-order valence-corrected chi connectivity index (χ0v) is 7.67. The van der Waals surface area contributed by atoms with Gasteiger partial charge in [0.05, 0.1) is 17.1 Å². The summed E-state index contributed by atoms with van der Waals surface area (Å²) in [5.41, 5.74) is -0.825. The Morgan fingerprint density at radius 3 is 2.69 bits per heavy atom. The number of hydrogen-bond donors (Lipinski definition) is 2. The van der Waals surface area contributed by atoms with E-state index in [-0.39, 0.29) is 5.56 Å². The van der Waals surface area contributed by atoms with Gasteiger partial charge in [0.15, 0.2) is 0 Å². The minimum Gasteiger partial charge on any atom is -0.507 e. The zero-order chi connectivity index (χ0) is 11.9. The molecule has 0 amide bonds. The SMILES string of the molecule is O=C1Oc2cc(O)c(CO)c(c2[N+](=O)[O-])O1. The molecule has 2 rings (SSSR count). The zero-order valence-electron chi connectivity index (χ0n) is 7.67. The summed E-state index contributed by atoms with van der Waals surface area (Å²) in [5.74, 6) is -1.34. The molecule has 2 bridgehead atoms. The molecule has 0 saturated heterocycles. The smallest absolute Gasteiger partial charge is 0.507 e. The maximum Gasteiger partial charge on any atom is 0.519 e. The Labute approximate surface area is 87.8 Å². The van der Waals surface area contributed by atoms with Gasteiger partial charge < -0.3 is 19.7 Å². The van der Waals surface area contributed by atoms with Crippen LogP contribution < -0.4 is 9.47 Å². The predicted octanol–water partition coefficient (Wildman–Crippen LogP) is 0.684. The van der Waals surface area contributed by atoms with Crippen LogP contribution in [0.3, 0.4) is 0 Å². The van der Waals surface area contributed by atoms with E-state index in [0.29, 0.717) is 0 Å². The normalized spacial score (nSPS) is 12.9. The topological polar surface area (TPSA) is 119 Å². The van der Waals surface area contributed by atoms with Crippen LogP contribution in [0.5, 0.6) is 17.2 Å². The Hall–Kier alpha value is -2.35. The second-order valence-electron chi connectivity index (χ2n) is 2.92. The summed E-state index contributed by atoms with van der Waals surface area (Å²) in [7, 11) is 0. The van der Waals surface area contributed by atoms with Crippen molar-refractivity contribution in [3.63, 3.8) is 0 Å². The first kappa shape index (κ1) is 10.2. The number of fused-ring (bicyclic) bond motifs is 2. The number of hydrogen-bond acceptors (Lipinski definition) is 7. The van der Waals surface area contributed by atoms with Crippen molar-refractivity contribution in [1.82, 2.24) is 0 Å². The largest absolute Gasteiger partial charge is 0.519 e. The van der Waals surface area contributed by atoms with E-state index in [1.54, 1.807) is 0 Å². The highest BCUT2D eigenvalue weighted by Gasteiger charge is 2.36. The highest BCUT2D eigenvalue weighted by molar-refractivity contribution is 5.80. The Bertz CT molecular complexity index is 496. The lowest BCUT2D eigenvalue weighted by atomic mass is 10.1. The number of nitro benzene ring substituents is 1. The van der Waals surface area contributed by atoms with Crippen LogP contribution in [0.25, 0.3) is 0 Å². The van der Waals surface area contributed by atoms with Crippen LogP contribution in [-0.4, -0.2) is 21.3 Å². The minimum absolute atomic E-state index is 0.230. The van der Waals surface area contributed by atoms with Crippen LogP contribution in [0.4, 0.5) is 10.5 Å². The van der Waals surface area contributed by atoms with Gasteiger partial charge in [-0.2, -0.15) is 0 Å². The van der Waals surface area contributed by atoms with Gasteiger partial charge in [-0.15, -0.1) is 0 Å². The van der Waals surface area contributed by atoms with Gasteiger partial charge in [-0.05, 0) is 0 Å². The summed E-state index contributed by atoms with van der Waals surface area (Å²) in [6.45, 7) is -0.699. The number of phenols is 1. The first-order chi connectivity index (χ1) is 7.54. The molecule has 8 nitrogen and oxygen atoms in total. The summed E-state index contributed by atoms with van der Waals surface area (Å²) in [6, 6.07) is 0.883. The summed E-state index contributed by atoms with van der Waals surface area (Å²) < 4.78 is 8.88. The van der Waals surface area contributed by atoms with Gasteiger partial charge in [0.1, 0.15) is 5.75 Å². The number of aliphatic hydroxyl groups is 1. The van der Waals surface area contributed by atoms with Crippen molar-refractivity contribution in [2.45, 2.75) is 6.61 Å². The molecule has 1 aromatic carbocycles. The Morgan fingerprint density at radius 2 is 2.12 bits per heavy atom. The number of carbonyl (C=O) groups excluding carboxylic acids is 1. The molecule has 2 N–H and O–H groups in total. The van der Waals surface area contributed by atoms with Crippen molar-refractivity contribution in [3.05, 3.63) is 21.7 Å². The third-order valence-corrected chi connectivity index (χ3v) is 2.02. The third-order valence-electron chi connectivity index (χ3n) is 2.02. The van der Waals surface area contributed by atoms with Gasteiger partial charge in [-0.1, -0.05) is 0 Å². The Balaban J connectivity index is 2.75. The molecule has 1 aliphatic heterocycles. The van der Waals surface area contributed by atoms with Crippen LogP contribution in [-0.2, 0) is 6.61 Å². The number of ether oxygens (including phenoxy) is 2. The van der Waals surface area contributed by atoms with Crippen LogP contribution in [0, 0.1) is 10.1 Å². The fourth-order valence-corrected chi connectivity index (χ4v) is 1.36. The molecule has 1 aromatic rings. The van der Waals surface area contributed by atoms with Gasteiger partial charge >= 0.3 is 11.8 Å². The lowest BCUT2D eigenvalue weighted by molar-refractivity contribution is -0.387. The molecule has 16 heavy (non-hydrogen) atoms. The molecule has 0 fully saturated rings. The number of rotatable bonds is 2. The second kappa shape index (κ2) is 3.35. The second-order valence-corrected chi connectivity index (χ2v) is 2.92. The molecule has 1 aliphatic rings. The lowest BCUT2D eigenvalue weighted by Crippen LogP contribution is -2.21. The molecular formula is C8H5NO7. The first-order valence-corrected chi connectivity index (χ1v) is 4.08. The van der Waals surface area contributed by atoms with E-state index in [9.17, 15) is 20.0 Å². The molecule has 0 unspecified atom stereocenters. The number of nitrogens with zero attached hydrogens (tertiary/aromatic N) is 1. The van der Waals surface area contributed by atoms with E-state index in [2.05, 4.69) is 9.47 Å². The fourth-order valence-electron chi connectivity index (χ4n) is 1.36. The average Bonchev–Trinajstić information content (AvgIpc) is 2.15. The van der Waals surface area contributed by atoms with Gasteiger partial charge in [0, 0.05) is 6.07 Å². The number of carbonyl (C=O) groups is 1. The summed E-state index contributed by atoms with van der Waals surface area (Å²) in [6.07, 6.45) is -1.15. The summed E-state index contributed by atoms with van der Waals surface area (Å²) in [5, 5.41) is 29.0. The first-order valence-electron chi connectivity index (χ1n) is 4.08. The molecule has 84 valence electrons. The van der Waals surface area contributed by atoms with E-state index < -0.39 is 40.6 Å². The summed E-state index contributed by atoms with van der Waals surface area (Å²) in [4.78, 5) is 20.8. The van der Waals surface area contributed by atoms with E-state index in [1.807, 2.05) is 0 Å². The van der Waals surface area contributed by atoms with Crippen molar-refractivity contribution in [1.29, 1.82) is 0 Å². The van der Waals surface area contributed by atoms with Gasteiger partial charge in [-0.3, -0.25) is 10.1 Å². The standard InChI is InChI=1S/C8H5NO7/c10-2-3-4(11)1-5-6(9(13)14)7(3)16-8(12)15-5/h1,10-11H,2H2. The molecule has 0 aromatic heterocycles. The van der Waals surface area contributed by atoms with Crippen molar-refractivity contribution >= 4 is 11.8 Å². The highest BCUT2D eigenvalue weighted by Crippen LogP contribution is 2.47. The molecule has 0 spiro atoms. The quantitative estimate of drug-likeness (QED) is 0.330. The summed E-state index contributed by atoms with van der Waals surface area (Å²) >= 11 is 0. The van der Waals surface area contributed by atoms with E-state index >= 15 is 0 Å². The van der Waals surface area contributed by atoms with Crippen molar-refractivity contribution in [2.24, 2.45) is 0 Å². The van der Waals surface area contributed by atoms with Crippen molar-refractivity contribution < 1.29 is 29.4 Å². The molecule has 0 saturated carbocycles. The van der Waals surface area contributed by atoms with Crippen LogP contribution in [0.1, 0.15) is 5.56 Å². The maximum atomic E-state index is 10.9. The minimum atomic E-state index is -1.15. The van der Waals surface area contributed by atoms with E-state index in [4.69, 9.17) is 5.11 Å². The monoisotopic (exact) mass is 227 g/mol. The molecular weight excluding hydrogens is 222 g/mol. The fraction of sp³-hybridized carbons (Fsp3) is 0.125. The predicted molar refractivity (Wildman–Crippen MR) is 47.3 cm³/mol.